The van der Waals surface area contributed by atoms with Crippen molar-refractivity contribution in [3.8, 4) is 5.69 Å². The average molecular weight is 316 g/mol. The number of halogens is 8. The van der Waals surface area contributed by atoms with Crippen LogP contribution in [0, 0.1) is 36.0 Å². The SMILES string of the molecule is Cc1cc(C(F)(F)F)n(-c2c(F)c(F)c(F)c(F)c2F)n1. The van der Waals surface area contributed by atoms with Gasteiger partial charge in [0, 0.05) is 0 Å². The Morgan fingerprint density at radius 3 is 1.71 bits per heavy atom. The zero-order valence-corrected chi connectivity index (χ0v) is 10.00. The number of alkyl halides is 3. The maximum absolute atomic E-state index is 13.5. The number of aromatic nitrogens is 2. The largest absolute Gasteiger partial charge is 0.433 e. The topological polar surface area (TPSA) is 17.8 Å². The summed E-state index contributed by atoms with van der Waals surface area (Å²) in [6, 6.07) is 0.415. The molecule has 0 atom stereocenters. The third-order valence-corrected chi connectivity index (χ3v) is 2.52. The van der Waals surface area contributed by atoms with E-state index in [0.29, 0.717) is 6.07 Å². The minimum atomic E-state index is -5.10. The molecule has 0 aliphatic rings. The van der Waals surface area contributed by atoms with Crippen LogP contribution in [0.1, 0.15) is 11.4 Å². The van der Waals surface area contributed by atoms with Crippen molar-refractivity contribution in [3.63, 3.8) is 0 Å². The minimum absolute atomic E-state index is 0.314. The number of aryl methyl sites for hydroxylation is 1. The summed E-state index contributed by atoms with van der Waals surface area (Å²) >= 11 is 0. The van der Waals surface area contributed by atoms with Crippen LogP contribution in [0.3, 0.4) is 0 Å². The number of hydrogen-bond donors (Lipinski definition) is 0. The lowest BCUT2D eigenvalue weighted by atomic mass is 10.2. The smallest absolute Gasteiger partial charge is 0.222 e. The summed E-state index contributed by atoms with van der Waals surface area (Å²) in [4.78, 5) is 0. The summed E-state index contributed by atoms with van der Waals surface area (Å²) in [7, 11) is 0. The second-order valence-electron chi connectivity index (χ2n) is 4.00. The Hall–Kier alpha value is -2.13. The fraction of sp³-hybridized carbons (Fsp3) is 0.182. The second kappa shape index (κ2) is 4.71. The highest BCUT2D eigenvalue weighted by Crippen LogP contribution is 2.34. The van der Waals surface area contributed by atoms with Gasteiger partial charge in [-0.2, -0.15) is 18.3 Å². The Balaban J connectivity index is 2.87. The molecule has 0 aliphatic carbocycles. The first-order valence-electron chi connectivity index (χ1n) is 5.21. The van der Waals surface area contributed by atoms with Gasteiger partial charge in [-0.05, 0) is 13.0 Å². The van der Waals surface area contributed by atoms with Crippen LogP contribution in [0.15, 0.2) is 6.07 Å². The van der Waals surface area contributed by atoms with E-state index in [1.54, 1.807) is 0 Å². The highest BCUT2D eigenvalue weighted by atomic mass is 19.4. The molecule has 0 saturated heterocycles. The van der Waals surface area contributed by atoms with Crippen LogP contribution < -0.4 is 0 Å². The van der Waals surface area contributed by atoms with Gasteiger partial charge in [-0.15, -0.1) is 0 Å². The van der Waals surface area contributed by atoms with Crippen LogP contribution in [0.5, 0.6) is 0 Å². The fourth-order valence-corrected chi connectivity index (χ4v) is 1.65. The van der Waals surface area contributed by atoms with Gasteiger partial charge in [0.2, 0.25) is 5.82 Å². The maximum Gasteiger partial charge on any atom is 0.433 e. The first-order valence-corrected chi connectivity index (χ1v) is 5.21. The van der Waals surface area contributed by atoms with E-state index in [4.69, 9.17) is 0 Å². The van der Waals surface area contributed by atoms with E-state index >= 15 is 0 Å². The molecule has 0 N–H and O–H groups in total. The van der Waals surface area contributed by atoms with Crippen LogP contribution in [0.25, 0.3) is 5.69 Å². The Kier molecular flexibility index (Phi) is 3.42. The Labute approximate surface area is 111 Å². The predicted octanol–water partition coefficient (Wildman–Crippen LogP) is 3.90. The molecule has 0 saturated carbocycles. The Morgan fingerprint density at radius 1 is 0.857 bits per heavy atom. The van der Waals surface area contributed by atoms with Crippen molar-refractivity contribution in [2.24, 2.45) is 0 Å². The molecule has 10 heteroatoms. The van der Waals surface area contributed by atoms with E-state index in [2.05, 4.69) is 5.10 Å². The number of rotatable bonds is 1. The first-order chi connectivity index (χ1) is 9.55. The standard InChI is InChI=1S/C11H4F8N2/c1-3-2-4(11(17,18)19)21(20-3)10-8(15)6(13)5(12)7(14)9(10)16/h2H,1H3. The minimum Gasteiger partial charge on any atom is -0.222 e. The van der Waals surface area contributed by atoms with Crippen molar-refractivity contribution >= 4 is 0 Å². The van der Waals surface area contributed by atoms with E-state index in [0.717, 1.165) is 6.92 Å². The molecule has 0 aliphatic heterocycles. The van der Waals surface area contributed by atoms with E-state index < -0.39 is 46.6 Å². The van der Waals surface area contributed by atoms with Gasteiger partial charge in [0.15, 0.2) is 23.3 Å². The molecule has 21 heavy (non-hydrogen) atoms. The van der Waals surface area contributed by atoms with Gasteiger partial charge in [0.25, 0.3) is 0 Å². The van der Waals surface area contributed by atoms with E-state index in [9.17, 15) is 35.1 Å². The van der Waals surface area contributed by atoms with Gasteiger partial charge in [0.1, 0.15) is 11.4 Å². The second-order valence-corrected chi connectivity index (χ2v) is 4.00. The van der Waals surface area contributed by atoms with E-state index in [1.807, 2.05) is 0 Å². The van der Waals surface area contributed by atoms with Crippen molar-refractivity contribution < 1.29 is 35.1 Å². The lowest BCUT2D eigenvalue weighted by molar-refractivity contribution is -0.142. The quantitative estimate of drug-likeness (QED) is 0.443. The Bertz CT molecular complexity index is 687. The molecule has 0 bridgehead atoms. The summed E-state index contributed by atoms with van der Waals surface area (Å²) < 4.78 is 104. The van der Waals surface area contributed by atoms with Crippen LogP contribution in [-0.4, -0.2) is 9.78 Å². The molecule has 2 aromatic rings. The number of hydrogen-bond acceptors (Lipinski definition) is 1. The molecule has 2 nitrogen and oxygen atoms in total. The molecule has 0 radical (unpaired) electrons. The fourth-order valence-electron chi connectivity index (χ4n) is 1.65. The summed E-state index contributed by atoms with van der Waals surface area (Å²) in [5.41, 5.74) is -3.76. The molecule has 114 valence electrons. The van der Waals surface area contributed by atoms with E-state index in [-0.39, 0.29) is 10.4 Å². The van der Waals surface area contributed by atoms with Crippen LogP contribution in [-0.2, 0) is 6.18 Å². The van der Waals surface area contributed by atoms with Crippen LogP contribution >= 0.6 is 0 Å². The molecule has 1 heterocycles. The molecule has 0 fully saturated rings. The highest BCUT2D eigenvalue weighted by Gasteiger charge is 2.38. The lowest BCUT2D eigenvalue weighted by Crippen LogP contribution is -2.17. The molecule has 0 amide bonds. The molecule has 1 aromatic carbocycles. The molecule has 0 spiro atoms. The van der Waals surface area contributed by atoms with Crippen molar-refractivity contribution in [2.45, 2.75) is 13.1 Å². The first kappa shape index (κ1) is 15.3. The van der Waals surface area contributed by atoms with Gasteiger partial charge in [-0.1, -0.05) is 0 Å². The van der Waals surface area contributed by atoms with Gasteiger partial charge < -0.3 is 0 Å². The summed E-state index contributed by atoms with van der Waals surface area (Å²) in [5.74, 6) is -12.0. The van der Waals surface area contributed by atoms with E-state index in [1.165, 1.54) is 0 Å². The van der Waals surface area contributed by atoms with Crippen LogP contribution in [0.2, 0.25) is 0 Å². The third kappa shape index (κ3) is 2.34. The molecular weight excluding hydrogens is 312 g/mol. The van der Waals surface area contributed by atoms with Gasteiger partial charge >= 0.3 is 6.18 Å². The monoisotopic (exact) mass is 316 g/mol. The molecule has 2 rings (SSSR count). The van der Waals surface area contributed by atoms with Crippen molar-refractivity contribution in [3.05, 3.63) is 46.5 Å². The van der Waals surface area contributed by atoms with Gasteiger partial charge in [-0.25, -0.2) is 26.6 Å². The molecule has 0 unspecified atom stereocenters. The zero-order valence-electron chi connectivity index (χ0n) is 10.00. The van der Waals surface area contributed by atoms with Crippen LogP contribution in [0.4, 0.5) is 35.1 Å². The van der Waals surface area contributed by atoms with Crippen molar-refractivity contribution in [1.82, 2.24) is 9.78 Å². The normalized spacial score (nSPS) is 12.0. The molecule has 1 aromatic heterocycles. The average Bonchev–Trinajstić information content (AvgIpc) is 2.76. The van der Waals surface area contributed by atoms with Gasteiger partial charge in [-0.3, -0.25) is 0 Å². The summed E-state index contributed by atoms with van der Waals surface area (Å²) in [5, 5.41) is 3.14. The molecular formula is C11H4F8N2. The predicted molar refractivity (Wildman–Crippen MR) is 53.1 cm³/mol. The zero-order chi connectivity index (χ0) is 16.1. The summed E-state index contributed by atoms with van der Waals surface area (Å²) in [6.45, 7) is 1.07. The lowest BCUT2D eigenvalue weighted by Gasteiger charge is -2.12. The van der Waals surface area contributed by atoms with Crippen molar-refractivity contribution in [1.29, 1.82) is 0 Å². The highest BCUT2D eigenvalue weighted by molar-refractivity contribution is 5.39. The number of nitrogens with zero attached hydrogens (tertiary/aromatic N) is 2. The summed E-state index contributed by atoms with van der Waals surface area (Å²) in [6.07, 6.45) is -5.10. The van der Waals surface area contributed by atoms with Crippen molar-refractivity contribution in [2.75, 3.05) is 0 Å². The maximum atomic E-state index is 13.5. The van der Waals surface area contributed by atoms with Gasteiger partial charge in [0.05, 0.1) is 5.69 Å². The Morgan fingerprint density at radius 2 is 1.29 bits per heavy atom. The number of benzene rings is 1. The third-order valence-electron chi connectivity index (χ3n) is 2.52.